The molecule has 1 N–H and O–H groups in total. The predicted octanol–water partition coefficient (Wildman–Crippen LogP) is 0.592. The highest BCUT2D eigenvalue weighted by atomic mass is 16.4. The van der Waals surface area contributed by atoms with Crippen LogP contribution in [0.4, 0.5) is 0 Å². The van der Waals surface area contributed by atoms with Crippen molar-refractivity contribution in [3.05, 3.63) is 12.2 Å². The number of carbonyl (C=O) groups excluding carboxylic acids is 1. The first kappa shape index (κ1) is 6.88. The van der Waals surface area contributed by atoms with Crippen molar-refractivity contribution < 1.29 is 10.0 Å². The largest absolute Gasteiger partial charge is 0.411 e. The van der Waals surface area contributed by atoms with Gasteiger partial charge in [-0.2, -0.15) is 0 Å². The Hall–Kier alpha value is -1.12. The first-order chi connectivity index (χ1) is 3.77. The van der Waals surface area contributed by atoms with Gasteiger partial charge >= 0.3 is 0 Å². The van der Waals surface area contributed by atoms with Crippen LogP contribution in [0.5, 0.6) is 0 Å². The first-order valence-corrected chi connectivity index (χ1v) is 2.12. The standard InChI is InChI=1S/C5H7NO2/c1-5(7)3-2-4-6-8/h2-4,8H,1H3. The molecule has 0 fully saturated rings. The van der Waals surface area contributed by atoms with E-state index in [0.717, 1.165) is 6.21 Å². The Balaban J connectivity index is 3.50. The summed E-state index contributed by atoms with van der Waals surface area (Å²) in [5.74, 6) is -0.0649. The fourth-order valence-corrected chi connectivity index (χ4v) is 0.217. The summed E-state index contributed by atoms with van der Waals surface area (Å²) >= 11 is 0. The number of hydrogen-bond acceptors (Lipinski definition) is 3. The maximum absolute atomic E-state index is 10.1. The van der Waals surface area contributed by atoms with Crippen molar-refractivity contribution in [2.24, 2.45) is 5.16 Å². The third-order valence-corrected chi connectivity index (χ3v) is 0.484. The molecule has 3 heteroatoms. The zero-order valence-corrected chi connectivity index (χ0v) is 4.53. The van der Waals surface area contributed by atoms with E-state index in [1.807, 2.05) is 0 Å². The topological polar surface area (TPSA) is 49.7 Å². The summed E-state index contributed by atoms with van der Waals surface area (Å²) in [4.78, 5) is 10.1. The second-order valence-electron chi connectivity index (χ2n) is 1.23. The highest BCUT2D eigenvalue weighted by Crippen LogP contribution is 1.69. The van der Waals surface area contributed by atoms with Gasteiger partial charge in [-0.1, -0.05) is 5.16 Å². The van der Waals surface area contributed by atoms with Crippen LogP contribution in [-0.4, -0.2) is 17.2 Å². The Labute approximate surface area is 47.3 Å². The number of nitrogens with zero attached hydrogens (tertiary/aromatic N) is 1. The highest BCUT2D eigenvalue weighted by Gasteiger charge is 1.75. The van der Waals surface area contributed by atoms with Crippen LogP contribution in [0.2, 0.25) is 0 Å². The number of rotatable bonds is 2. The lowest BCUT2D eigenvalue weighted by atomic mass is 10.4. The Morgan fingerprint density at radius 2 is 2.38 bits per heavy atom. The minimum Gasteiger partial charge on any atom is -0.411 e. The van der Waals surface area contributed by atoms with Gasteiger partial charge in [-0.15, -0.1) is 0 Å². The normalized spacial score (nSPS) is 11.1. The zero-order valence-electron chi connectivity index (χ0n) is 4.53. The second-order valence-corrected chi connectivity index (χ2v) is 1.23. The van der Waals surface area contributed by atoms with Crippen LogP contribution in [0.15, 0.2) is 17.3 Å². The van der Waals surface area contributed by atoms with Crippen molar-refractivity contribution >= 4 is 12.0 Å². The monoisotopic (exact) mass is 113 g/mol. The smallest absolute Gasteiger partial charge is 0.152 e. The molecule has 8 heavy (non-hydrogen) atoms. The molecule has 0 bridgehead atoms. The third-order valence-electron chi connectivity index (χ3n) is 0.484. The SMILES string of the molecule is CC(=O)C=CC=NO. The Morgan fingerprint density at radius 3 is 2.75 bits per heavy atom. The van der Waals surface area contributed by atoms with Gasteiger partial charge in [0.05, 0.1) is 6.21 Å². The highest BCUT2D eigenvalue weighted by molar-refractivity contribution is 5.91. The average molecular weight is 113 g/mol. The molecule has 0 aliphatic heterocycles. The molecule has 0 spiro atoms. The molecule has 3 nitrogen and oxygen atoms in total. The summed E-state index contributed by atoms with van der Waals surface area (Å²) in [7, 11) is 0. The van der Waals surface area contributed by atoms with Gasteiger partial charge in [0, 0.05) is 0 Å². The quantitative estimate of drug-likeness (QED) is 0.246. The minimum atomic E-state index is -0.0649. The summed E-state index contributed by atoms with van der Waals surface area (Å²) in [5.41, 5.74) is 0. The van der Waals surface area contributed by atoms with Crippen molar-refractivity contribution in [2.75, 3.05) is 0 Å². The molecule has 0 aromatic rings. The summed E-state index contributed by atoms with van der Waals surface area (Å²) in [6, 6.07) is 0. The van der Waals surface area contributed by atoms with Gasteiger partial charge in [0.1, 0.15) is 0 Å². The lowest BCUT2D eigenvalue weighted by Gasteiger charge is -1.71. The molecule has 0 rings (SSSR count). The van der Waals surface area contributed by atoms with Gasteiger partial charge < -0.3 is 5.21 Å². The van der Waals surface area contributed by atoms with E-state index in [9.17, 15) is 4.79 Å². The maximum Gasteiger partial charge on any atom is 0.152 e. The minimum absolute atomic E-state index is 0.0649. The number of oxime groups is 1. The van der Waals surface area contributed by atoms with Gasteiger partial charge in [0.15, 0.2) is 5.78 Å². The van der Waals surface area contributed by atoms with Crippen LogP contribution >= 0.6 is 0 Å². The van der Waals surface area contributed by atoms with Crippen LogP contribution in [0, 0.1) is 0 Å². The van der Waals surface area contributed by atoms with Crippen molar-refractivity contribution in [3.63, 3.8) is 0 Å². The maximum atomic E-state index is 10.1. The Kier molecular flexibility index (Phi) is 3.48. The van der Waals surface area contributed by atoms with Gasteiger partial charge in [-0.3, -0.25) is 4.79 Å². The molecule has 0 atom stereocenters. The van der Waals surface area contributed by atoms with Gasteiger partial charge in [-0.25, -0.2) is 0 Å². The molecule has 0 aromatic carbocycles. The van der Waals surface area contributed by atoms with Gasteiger partial charge in [0.25, 0.3) is 0 Å². The molecule has 0 unspecified atom stereocenters. The molecule has 44 valence electrons. The number of carbonyl (C=O) groups is 1. The number of ketones is 1. The van der Waals surface area contributed by atoms with E-state index < -0.39 is 0 Å². The van der Waals surface area contributed by atoms with Crippen molar-refractivity contribution in [1.29, 1.82) is 0 Å². The fraction of sp³-hybridized carbons (Fsp3) is 0.200. The zero-order chi connectivity index (χ0) is 6.41. The van der Waals surface area contributed by atoms with E-state index in [1.165, 1.54) is 19.1 Å². The third kappa shape index (κ3) is 4.88. The predicted molar refractivity (Wildman–Crippen MR) is 30.1 cm³/mol. The summed E-state index contributed by atoms with van der Waals surface area (Å²) < 4.78 is 0. The van der Waals surface area contributed by atoms with E-state index in [-0.39, 0.29) is 5.78 Å². The molecular weight excluding hydrogens is 106 g/mol. The molecule has 0 amide bonds. The summed E-state index contributed by atoms with van der Waals surface area (Å²) in [6.07, 6.45) is 3.80. The number of hydrogen-bond donors (Lipinski definition) is 1. The molecule has 0 radical (unpaired) electrons. The van der Waals surface area contributed by atoms with Crippen LogP contribution in [-0.2, 0) is 4.79 Å². The van der Waals surface area contributed by atoms with Gasteiger partial charge in [-0.05, 0) is 19.1 Å². The average Bonchev–Trinajstić information content (AvgIpc) is 1.66. The number of allylic oxidation sites excluding steroid dienone is 2. The van der Waals surface area contributed by atoms with Crippen molar-refractivity contribution in [1.82, 2.24) is 0 Å². The van der Waals surface area contributed by atoms with E-state index in [2.05, 4.69) is 5.16 Å². The van der Waals surface area contributed by atoms with Crippen LogP contribution in [0.25, 0.3) is 0 Å². The van der Waals surface area contributed by atoms with E-state index in [1.54, 1.807) is 0 Å². The molecule has 0 aromatic heterocycles. The molecule has 0 aliphatic carbocycles. The van der Waals surface area contributed by atoms with E-state index in [4.69, 9.17) is 5.21 Å². The lowest BCUT2D eigenvalue weighted by Crippen LogP contribution is -1.78. The molecular formula is C5H7NO2. The second kappa shape index (κ2) is 4.05. The first-order valence-electron chi connectivity index (χ1n) is 2.12. The van der Waals surface area contributed by atoms with Crippen LogP contribution in [0.3, 0.4) is 0 Å². The van der Waals surface area contributed by atoms with Crippen LogP contribution in [0.1, 0.15) is 6.92 Å². The van der Waals surface area contributed by atoms with Crippen molar-refractivity contribution in [2.45, 2.75) is 6.92 Å². The molecule has 0 heterocycles. The molecule has 0 aliphatic rings. The van der Waals surface area contributed by atoms with E-state index in [0.29, 0.717) is 0 Å². The van der Waals surface area contributed by atoms with Crippen molar-refractivity contribution in [3.8, 4) is 0 Å². The lowest BCUT2D eigenvalue weighted by molar-refractivity contribution is -0.112. The fourth-order valence-electron chi connectivity index (χ4n) is 0.217. The Morgan fingerprint density at radius 1 is 1.75 bits per heavy atom. The van der Waals surface area contributed by atoms with Gasteiger partial charge in [0.2, 0.25) is 0 Å². The molecule has 0 saturated carbocycles. The van der Waals surface area contributed by atoms with E-state index >= 15 is 0 Å². The summed E-state index contributed by atoms with van der Waals surface area (Å²) in [6.45, 7) is 1.42. The summed E-state index contributed by atoms with van der Waals surface area (Å²) in [5, 5.41) is 10.4. The van der Waals surface area contributed by atoms with Crippen LogP contribution < -0.4 is 0 Å². The Bertz CT molecular complexity index is 126. The molecule has 0 saturated heterocycles.